The number of hydrogen-bond acceptors (Lipinski definition) is 6. The number of benzene rings is 3. The number of fused-ring (bicyclic) bond motifs is 2. The monoisotopic (exact) mass is 731 g/mol. The third-order valence-corrected chi connectivity index (χ3v) is 11.8. The normalized spacial score (nSPS) is 22.8. The van der Waals surface area contributed by atoms with Crippen LogP contribution in [0, 0.1) is 19.6 Å². The van der Waals surface area contributed by atoms with Gasteiger partial charge in [-0.05, 0) is 65.0 Å². The minimum absolute atomic E-state index is 0.0832. The Kier molecular flexibility index (Phi) is 9.26. The quantitative estimate of drug-likeness (QED) is 0.0910. The van der Waals surface area contributed by atoms with Gasteiger partial charge >= 0.3 is 0 Å². The van der Waals surface area contributed by atoms with Gasteiger partial charge in [-0.15, -0.1) is 0 Å². The first-order chi connectivity index (χ1) is 20.9. The van der Waals surface area contributed by atoms with E-state index in [-0.39, 0.29) is 44.3 Å². The fourth-order valence-electron chi connectivity index (χ4n) is 6.84. The molecule has 12 heteroatoms. The molecule has 2 aliphatic heterocycles. The second kappa shape index (κ2) is 12.7. The molecule has 1 fully saturated rings. The maximum atomic E-state index is 16.2. The summed E-state index contributed by atoms with van der Waals surface area (Å²) >= 11 is 2.19. The SMILES string of the molecule is C[C@@H]1[C@@H]([Si](C)(C)F)[C@H](CC(=O)N(CCO)Cc2ccccc2)O[C@@]12C(=O)N(Cc1cccc(I)c1)c1ccc([N+](=O)[O-])cc12. The predicted octanol–water partition coefficient (Wildman–Crippen LogP) is 5.93. The van der Waals surface area contributed by atoms with E-state index < -0.39 is 42.4 Å². The molecule has 4 atom stereocenters. The van der Waals surface area contributed by atoms with Crippen LogP contribution in [0.5, 0.6) is 0 Å². The maximum Gasteiger partial charge on any atom is 0.269 e. The van der Waals surface area contributed by atoms with E-state index in [0.29, 0.717) is 11.3 Å². The van der Waals surface area contributed by atoms with Crippen molar-refractivity contribution in [2.45, 2.75) is 56.8 Å². The van der Waals surface area contributed by atoms with Crippen LogP contribution in [-0.4, -0.2) is 54.4 Å². The minimum atomic E-state index is -3.58. The van der Waals surface area contributed by atoms with Crippen LogP contribution >= 0.6 is 22.6 Å². The number of carbonyl (C=O) groups excluding carboxylic acids is 2. The summed E-state index contributed by atoms with van der Waals surface area (Å²) in [6, 6.07) is 21.3. The Morgan fingerprint density at radius 1 is 1.14 bits per heavy atom. The molecule has 2 heterocycles. The smallest absolute Gasteiger partial charge is 0.269 e. The van der Waals surface area contributed by atoms with Crippen molar-refractivity contribution in [3.8, 4) is 0 Å². The third-order valence-electron chi connectivity index (χ3n) is 8.70. The van der Waals surface area contributed by atoms with E-state index in [4.69, 9.17) is 4.74 Å². The number of nitro groups is 1. The maximum absolute atomic E-state index is 16.2. The number of halogens is 2. The number of rotatable bonds is 10. The molecule has 2 amide bonds. The van der Waals surface area contributed by atoms with Gasteiger partial charge in [0.25, 0.3) is 11.6 Å². The number of nitrogens with zero attached hydrogens (tertiary/aromatic N) is 3. The number of aliphatic hydroxyl groups is 1. The molecule has 1 N–H and O–H groups in total. The molecule has 0 aromatic heterocycles. The molecule has 5 rings (SSSR count). The van der Waals surface area contributed by atoms with E-state index in [1.807, 2.05) is 54.6 Å². The summed E-state index contributed by atoms with van der Waals surface area (Å²) in [5, 5.41) is 21.6. The fourth-order valence-corrected chi connectivity index (χ4v) is 9.94. The number of carbonyl (C=O) groups is 2. The van der Waals surface area contributed by atoms with Gasteiger partial charge < -0.3 is 23.8 Å². The third kappa shape index (κ3) is 6.04. The number of aliphatic hydroxyl groups excluding tert-OH is 1. The number of ether oxygens (including phenoxy) is 1. The highest BCUT2D eigenvalue weighted by Gasteiger charge is 2.67. The number of non-ortho nitro benzene ring substituents is 1. The zero-order chi connectivity index (χ0) is 31.8. The lowest BCUT2D eigenvalue weighted by atomic mass is 9.82. The van der Waals surface area contributed by atoms with Crippen LogP contribution < -0.4 is 4.90 Å². The lowest BCUT2D eigenvalue weighted by molar-refractivity contribution is -0.385. The summed E-state index contributed by atoms with van der Waals surface area (Å²) in [5.41, 5.74) is -0.120. The Balaban J connectivity index is 1.55. The van der Waals surface area contributed by atoms with Gasteiger partial charge in [-0.3, -0.25) is 19.7 Å². The van der Waals surface area contributed by atoms with Crippen LogP contribution in [0.1, 0.15) is 30.0 Å². The van der Waals surface area contributed by atoms with Crippen molar-refractivity contribution in [2.24, 2.45) is 5.92 Å². The van der Waals surface area contributed by atoms with Gasteiger partial charge in [-0.2, -0.15) is 0 Å². The fraction of sp³-hybridized carbons (Fsp3) is 0.375. The molecular formula is C32H35FIN3O6Si. The van der Waals surface area contributed by atoms with Crippen LogP contribution in [0.25, 0.3) is 0 Å². The number of amides is 2. The van der Waals surface area contributed by atoms with Gasteiger partial charge in [-0.1, -0.05) is 49.4 Å². The van der Waals surface area contributed by atoms with Gasteiger partial charge in [0.2, 0.25) is 14.3 Å². The van der Waals surface area contributed by atoms with Crippen molar-refractivity contribution in [3.63, 3.8) is 0 Å². The Labute approximate surface area is 270 Å². The van der Waals surface area contributed by atoms with Gasteiger partial charge in [0, 0.05) is 45.8 Å². The molecule has 0 saturated carbocycles. The summed E-state index contributed by atoms with van der Waals surface area (Å²) in [7, 11) is -3.58. The van der Waals surface area contributed by atoms with Crippen molar-refractivity contribution >= 4 is 54.2 Å². The van der Waals surface area contributed by atoms with Crippen molar-refractivity contribution in [2.75, 3.05) is 18.1 Å². The van der Waals surface area contributed by atoms with Crippen LogP contribution in [0.3, 0.4) is 0 Å². The first kappa shape index (κ1) is 32.2. The molecule has 0 aliphatic carbocycles. The summed E-state index contributed by atoms with van der Waals surface area (Å²) in [6.45, 7) is 5.13. The zero-order valence-electron chi connectivity index (χ0n) is 24.8. The van der Waals surface area contributed by atoms with E-state index in [0.717, 1.165) is 14.7 Å². The van der Waals surface area contributed by atoms with Crippen LogP contribution in [0.15, 0.2) is 72.8 Å². The topological polar surface area (TPSA) is 113 Å². The molecule has 0 radical (unpaired) electrons. The molecule has 3 aromatic carbocycles. The average Bonchev–Trinajstić information content (AvgIpc) is 3.39. The molecule has 1 spiro atoms. The molecule has 0 unspecified atom stereocenters. The summed E-state index contributed by atoms with van der Waals surface area (Å²) in [6.07, 6.45) is -1.15. The highest BCUT2D eigenvalue weighted by molar-refractivity contribution is 14.1. The lowest BCUT2D eigenvalue weighted by Crippen LogP contribution is -2.45. The van der Waals surface area contributed by atoms with Gasteiger partial charge in [0.15, 0.2) is 5.60 Å². The van der Waals surface area contributed by atoms with E-state index in [1.165, 1.54) is 17.0 Å². The highest BCUT2D eigenvalue weighted by Crippen LogP contribution is 2.60. The molecule has 232 valence electrons. The summed E-state index contributed by atoms with van der Waals surface area (Å²) < 4.78 is 23.9. The molecule has 1 saturated heterocycles. The molecule has 2 aliphatic rings. The van der Waals surface area contributed by atoms with Crippen molar-refractivity contribution in [1.82, 2.24) is 4.90 Å². The molecule has 3 aromatic rings. The van der Waals surface area contributed by atoms with E-state index in [1.54, 1.807) is 31.0 Å². The van der Waals surface area contributed by atoms with Gasteiger partial charge in [0.05, 0.1) is 36.3 Å². The van der Waals surface area contributed by atoms with Crippen LogP contribution in [-0.2, 0) is 33.0 Å². The number of anilines is 1. The van der Waals surface area contributed by atoms with Gasteiger partial charge in [0.1, 0.15) is 0 Å². The van der Waals surface area contributed by atoms with Crippen LogP contribution in [0.2, 0.25) is 18.6 Å². The molecule has 9 nitrogen and oxygen atoms in total. The van der Waals surface area contributed by atoms with Gasteiger partial charge in [-0.25, -0.2) is 0 Å². The van der Waals surface area contributed by atoms with Crippen LogP contribution in [0.4, 0.5) is 15.5 Å². The predicted molar refractivity (Wildman–Crippen MR) is 175 cm³/mol. The average molecular weight is 732 g/mol. The second-order valence-corrected chi connectivity index (χ2v) is 17.0. The standard InChI is InChI=1S/C32H35FIN3O6Si/c1-21-30(44(2,3)33)28(18-29(39)35(14-15-38)19-22-8-5-4-6-9-22)43-32(21)26-17-25(37(41)42)12-13-27(26)36(31(32)40)20-23-10-7-11-24(34)16-23/h4-13,16-17,21,28,30,38H,14-15,18-20H2,1-3H3/t21-,28+,30-,32+/m1/s1. The summed E-state index contributed by atoms with van der Waals surface area (Å²) in [5.74, 6) is -1.46. The first-order valence-corrected chi connectivity index (χ1v) is 18.5. The molecule has 44 heavy (non-hydrogen) atoms. The van der Waals surface area contributed by atoms with E-state index in [9.17, 15) is 24.8 Å². The number of nitro benzene ring substituents is 1. The first-order valence-electron chi connectivity index (χ1n) is 14.5. The second-order valence-electron chi connectivity index (χ2n) is 12.0. The van der Waals surface area contributed by atoms with Crippen molar-refractivity contribution < 1.29 is 28.5 Å². The number of hydrogen-bond donors (Lipinski definition) is 1. The largest absolute Gasteiger partial charge is 0.395 e. The van der Waals surface area contributed by atoms with E-state index in [2.05, 4.69) is 22.6 Å². The molecular weight excluding hydrogens is 696 g/mol. The molecule has 0 bridgehead atoms. The Morgan fingerprint density at radius 3 is 2.48 bits per heavy atom. The Bertz CT molecular complexity index is 1570. The lowest BCUT2D eigenvalue weighted by Gasteiger charge is -2.31. The zero-order valence-corrected chi connectivity index (χ0v) is 27.9. The van der Waals surface area contributed by atoms with Crippen molar-refractivity contribution in [1.29, 1.82) is 0 Å². The van der Waals surface area contributed by atoms with E-state index >= 15 is 4.11 Å². The Hall–Kier alpha value is -3.20. The van der Waals surface area contributed by atoms with Crippen molar-refractivity contribution in [3.05, 3.63) is 103 Å². The highest BCUT2D eigenvalue weighted by atomic mass is 127. The minimum Gasteiger partial charge on any atom is -0.395 e. The Morgan fingerprint density at radius 2 is 1.84 bits per heavy atom. The summed E-state index contributed by atoms with van der Waals surface area (Å²) in [4.78, 5) is 42.7.